The van der Waals surface area contributed by atoms with E-state index in [2.05, 4.69) is 10.0 Å². The molecule has 0 aliphatic carbocycles. The van der Waals surface area contributed by atoms with Crippen LogP contribution in [0.3, 0.4) is 0 Å². The molecule has 0 fully saturated rings. The molecule has 0 unspecified atom stereocenters. The van der Waals surface area contributed by atoms with Crippen LogP contribution in [0.15, 0.2) is 26.5 Å². The zero-order valence-corrected chi connectivity index (χ0v) is 9.84. The lowest BCUT2D eigenvalue weighted by molar-refractivity contribution is 0.0961. The maximum absolute atomic E-state index is 11.8. The summed E-state index contributed by atoms with van der Waals surface area (Å²) in [5.74, 6) is -0.132. The lowest BCUT2D eigenvalue weighted by Crippen LogP contribution is -2.03. The van der Waals surface area contributed by atoms with Crippen molar-refractivity contribution in [1.29, 1.82) is 0 Å². The van der Waals surface area contributed by atoms with Crippen LogP contribution in [0.25, 0.3) is 21.4 Å². The standard InChI is InChI=1S/C12H7N3O4/c1-5-2-9(17)19-11-6(5)3-7(14-15-13)12-10(11)8(16)4-18-12/h2-3H,4H2,1H3. The van der Waals surface area contributed by atoms with Crippen molar-refractivity contribution in [3.63, 3.8) is 0 Å². The summed E-state index contributed by atoms with van der Waals surface area (Å²) in [5.41, 5.74) is 9.21. The first kappa shape index (κ1) is 11.3. The van der Waals surface area contributed by atoms with Gasteiger partial charge in [-0.15, -0.1) is 0 Å². The Labute approximate surface area is 106 Å². The van der Waals surface area contributed by atoms with Gasteiger partial charge in [0.1, 0.15) is 11.3 Å². The molecule has 0 atom stereocenters. The lowest BCUT2D eigenvalue weighted by Gasteiger charge is -2.06. The number of azide groups is 1. The van der Waals surface area contributed by atoms with Gasteiger partial charge in [-0.1, -0.05) is 5.11 Å². The van der Waals surface area contributed by atoms with Crippen LogP contribution >= 0.6 is 0 Å². The second-order valence-corrected chi connectivity index (χ2v) is 4.13. The van der Waals surface area contributed by atoms with Gasteiger partial charge in [0.15, 0.2) is 12.2 Å². The first-order valence-corrected chi connectivity index (χ1v) is 5.44. The van der Waals surface area contributed by atoms with E-state index in [4.69, 9.17) is 14.7 Å². The maximum Gasteiger partial charge on any atom is 0.336 e. The molecule has 1 aliphatic heterocycles. The molecule has 3 rings (SSSR count). The third kappa shape index (κ3) is 1.56. The molecule has 1 aromatic heterocycles. The second-order valence-electron chi connectivity index (χ2n) is 4.13. The van der Waals surface area contributed by atoms with E-state index in [1.807, 2.05) is 0 Å². The minimum Gasteiger partial charge on any atom is -0.484 e. The molecule has 0 bridgehead atoms. The van der Waals surface area contributed by atoms with Crippen LogP contribution in [0, 0.1) is 6.92 Å². The Balaban J connectivity index is 2.55. The number of carbonyl (C=O) groups is 1. The van der Waals surface area contributed by atoms with E-state index in [0.29, 0.717) is 10.9 Å². The number of nitrogens with zero attached hydrogens (tertiary/aromatic N) is 3. The highest BCUT2D eigenvalue weighted by molar-refractivity contribution is 6.13. The summed E-state index contributed by atoms with van der Waals surface area (Å²) in [6, 6.07) is 2.86. The lowest BCUT2D eigenvalue weighted by atomic mass is 10.0. The van der Waals surface area contributed by atoms with Crippen LogP contribution in [-0.4, -0.2) is 12.4 Å². The largest absolute Gasteiger partial charge is 0.484 e. The Kier molecular flexibility index (Phi) is 2.30. The highest BCUT2D eigenvalue weighted by Gasteiger charge is 2.29. The minimum absolute atomic E-state index is 0.153. The van der Waals surface area contributed by atoms with Gasteiger partial charge in [-0.05, 0) is 24.1 Å². The summed E-state index contributed by atoms with van der Waals surface area (Å²) in [6.07, 6.45) is 0. The number of rotatable bonds is 1. The number of carbonyl (C=O) groups excluding carboxylic acids is 1. The predicted octanol–water partition coefficient (Wildman–Crippen LogP) is 2.62. The topological polar surface area (TPSA) is 105 Å². The van der Waals surface area contributed by atoms with Gasteiger partial charge in [-0.25, -0.2) is 4.79 Å². The Morgan fingerprint density at radius 1 is 1.37 bits per heavy atom. The molecule has 94 valence electrons. The quantitative estimate of drug-likeness (QED) is 0.338. The molecule has 1 aromatic carbocycles. The van der Waals surface area contributed by atoms with Crippen molar-refractivity contribution in [3.8, 4) is 5.75 Å². The normalized spacial score (nSPS) is 13.0. The summed E-state index contributed by atoms with van der Waals surface area (Å²) in [6.45, 7) is 1.56. The molecule has 2 aromatic rings. The van der Waals surface area contributed by atoms with E-state index in [1.54, 1.807) is 13.0 Å². The summed E-state index contributed by atoms with van der Waals surface area (Å²) in [5, 5.41) is 4.07. The Morgan fingerprint density at radius 2 is 2.16 bits per heavy atom. The Morgan fingerprint density at radius 3 is 2.89 bits per heavy atom. The summed E-state index contributed by atoms with van der Waals surface area (Å²) in [7, 11) is 0. The molecule has 0 saturated carbocycles. The molecule has 0 saturated heterocycles. The average molecular weight is 257 g/mol. The van der Waals surface area contributed by atoms with E-state index < -0.39 is 5.63 Å². The number of ether oxygens (including phenoxy) is 1. The van der Waals surface area contributed by atoms with Gasteiger partial charge in [0, 0.05) is 16.4 Å². The fourth-order valence-electron chi connectivity index (χ4n) is 2.15. The van der Waals surface area contributed by atoms with Crippen molar-refractivity contribution in [1.82, 2.24) is 0 Å². The van der Waals surface area contributed by atoms with Crippen LogP contribution in [0.1, 0.15) is 15.9 Å². The van der Waals surface area contributed by atoms with Crippen molar-refractivity contribution in [2.75, 3.05) is 6.61 Å². The van der Waals surface area contributed by atoms with E-state index in [0.717, 1.165) is 0 Å². The highest BCUT2D eigenvalue weighted by Crippen LogP contribution is 2.41. The Bertz CT molecular complexity index is 831. The van der Waals surface area contributed by atoms with Gasteiger partial charge < -0.3 is 9.15 Å². The first-order valence-electron chi connectivity index (χ1n) is 5.44. The zero-order chi connectivity index (χ0) is 13.6. The summed E-state index contributed by atoms with van der Waals surface area (Å²) < 4.78 is 10.3. The number of hydrogen-bond acceptors (Lipinski definition) is 5. The Hall–Kier alpha value is -2.79. The van der Waals surface area contributed by atoms with E-state index >= 15 is 0 Å². The average Bonchev–Trinajstić information content (AvgIpc) is 2.74. The molecular formula is C12H7N3O4. The van der Waals surface area contributed by atoms with Gasteiger partial charge >= 0.3 is 5.63 Å². The maximum atomic E-state index is 11.8. The van der Waals surface area contributed by atoms with Crippen molar-refractivity contribution in [3.05, 3.63) is 44.1 Å². The van der Waals surface area contributed by atoms with Crippen molar-refractivity contribution >= 4 is 22.4 Å². The molecule has 0 N–H and O–H groups in total. The van der Waals surface area contributed by atoms with Crippen LogP contribution < -0.4 is 10.4 Å². The van der Waals surface area contributed by atoms with Gasteiger partial charge in [-0.3, -0.25) is 4.79 Å². The molecule has 0 amide bonds. The molecule has 7 nitrogen and oxygen atoms in total. The summed E-state index contributed by atoms with van der Waals surface area (Å²) >= 11 is 0. The van der Waals surface area contributed by atoms with Crippen LogP contribution in [0.2, 0.25) is 0 Å². The highest BCUT2D eigenvalue weighted by atomic mass is 16.5. The van der Waals surface area contributed by atoms with Crippen LogP contribution in [0.5, 0.6) is 5.75 Å². The molecule has 2 heterocycles. The fraction of sp³-hybridized carbons (Fsp3) is 0.167. The third-order valence-electron chi connectivity index (χ3n) is 2.95. The SMILES string of the molecule is Cc1cc(=O)oc2c3c(c(N=[N+]=[N-])cc12)OCC3=O. The number of aryl methyl sites for hydroxylation is 1. The van der Waals surface area contributed by atoms with Crippen molar-refractivity contribution in [2.45, 2.75) is 6.92 Å². The zero-order valence-electron chi connectivity index (χ0n) is 9.84. The van der Waals surface area contributed by atoms with Gasteiger partial charge in [0.2, 0.25) is 5.78 Å². The van der Waals surface area contributed by atoms with E-state index in [-0.39, 0.29) is 35.0 Å². The van der Waals surface area contributed by atoms with E-state index in [1.165, 1.54) is 6.07 Å². The number of benzene rings is 1. The molecule has 1 aliphatic rings. The third-order valence-corrected chi connectivity index (χ3v) is 2.95. The minimum atomic E-state index is -0.538. The first-order chi connectivity index (χ1) is 9.11. The van der Waals surface area contributed by atoms with Crippen LogP contribution in [0.4, 0.5) is 5.69 Å². The molecular weight excluding hydrogens is 250 g/mol. The van der Waals surface area contributed by atoms with Gasteiger partial charge in [0.25, 0.3) is 0 Å². The molecule has 0 radical (unpaired) electrons. The number of Topliss-reactive ketones (excluding diaryl/α,β-unsaturated/α-hetero) is 1. The predicted molar refractivity (Wildman–Crippen MR) is 65.9 cm³/mol. The van der Waals surface area contributed by atoms with Crippen LogP contribution in [-0.2, 0) is 0 Å². The van der Waals surface area contributed by atoms with Crippen molar-refractivity contribution < 1.29 is 13.9 Å². The van der Waals surface area contributed by atoms with Gasteiger partial charge in [0.05, 0.1) is 5.69 Å². The number of ketones is 1. The van der Waals surface area contributed by atoms with Gasteiger partial charge in [-0.2, -0.15) is 0 Å². The molecule has 7 heteroatoms. The fourth-order valence-corrected chi connectivity index (χ4v) is 2.15. The molecule has 0 spiro atoms. The molecule has 19 heavy (non-hydrogen) atoms. The van der Waals surface area contributed by atoms with Crippen molar-refractivity contribution in [2.24, 2.45) is 5.11 Å². The second kappa shape index (κ2) is 3.86. The van der Waals surface area contributed by atoms with E-state index in [9.17, 15) is 9.59 Å². The smallest absolute Gasteiger partial charge is 0.336 e. The summed E-state index contributed by atoms with van der Waals surface area (Å²) in [4.78, 5) is 26.0. The monoisotopic (exact) mass is 257 g/mol. The number of fused-ring (bicyclic) bond motifs is 3. The number of hydrogen-bond donors (Lipinski definition) is 0.